The van der Waals surface area contributed by atoms with Crippen LogP contribution >= 0.6 is 0 Å². The number of ether oxygens (including phenoxy) is 2. The molecule has 0 bridgehead atoms. The number of hydrogen-bond donors (Lipinski definition) is 2. The van der Waals surface area contributed by atoms with Gasteiger partial charge in [-0.15, -0.1) is 0 Å². The molecule has 1 aliphatic heterocycles. The van der Waals surface area contributed by atoms with Gasteiger partial charge in [0.1, 0.15) is 0 Å². The Morgan fingerprint density at radius 3 is 2.62 bits per heavy atom. The van der Waals surface area contributed by atoms with Crippen molar-refractivity contribution in [2.75, 3.05) is 33.4 Å². The molecule has 0 unspecified atom stereocenters. The molecule has 1 fully saturated rings. The van der Waals surface area contributed by atoms with Crippen molar-refractivity contribution in [1.82, 2.24) is 10.6 Å². The van der Waals surface area contributed by atoms with E-state index in [0.29, 0.717) is 19.8 Å². The second kappa shape index (κ2) is 9.77. The van der Waals surface area contributed by atoms with Gasteiger partial charge in [0.15, 0.2) is 0 Å². The monoisotopic (exact) mass is 334 g/mol. The predicted octanol–water partition coefficient (Wildman–Crippen LogP) is 2.25. The van der Waals surface area contributed by atoms with E-state index in [1.807, 2.05) is 12.1 Å². The summed E-state index contributed by atoms with van der Waals surface area (Å²) in [7, 11) is 1.66. The predicted molar refractivity (Wildman–Crippen MR) is 94.6 cm³/mol. The highest BCUT2D eigenvalue weighted by Crippen LogP contribution is 2.29. The molecule has 24 heavy (non-hydrogen) atoms. The summed E-state index contributed by atoms with van der Waals surface area (Å²) in [5, 5.41) is 6.44. The minimum absolute atomic E-state index is 0.0927. The highest BCUT2D eigenvalue weighted by molar-refractivity contribution is 5.83. The van der Waals surface area contributed by atoms with Gasteiger partial charge in [-0.2, -0.15) is 0 Å². The smallest absolute Gasteiger partial charge is 0.228 e. The lowest BCUT2D eigenvalue weighted by Gasteiger charge is -2.35. The van der Waals surface area contributed by atoms with E-state index < -0.39 is 5.41 Å². The third-order valence-corrected chi connectivity index (χ3v) is 4.63. The summed E-state index contributed by atoms with van der Waals surface area (Å²) in [5.41, 5.74) is 1.84. The van der Waals surface area contributed by atoms with Crippen molar-refractivity contribution in [3.05, 3.63) is 35.4 Å². The highest BCUT2D eigenvalue weighted by atomic mass is 16.5. The fourth-order valence-corrected chi connectivity index (χ4v) is 3.18. The number of rotatable bonds is 9. The van der Waals surface area contributed by atoms with Crippen LogP contribution in [0.1, 0.15) is 37.3 Å². The molecule has 0 saturated carbocycles. The summed E-state index contributed by atoms with van der Waals surface area (Å²) in [4.78, 5) is 12.8. The standard InChI is InChI=1S/C19H30N2O3/c1-3-12-24-14-17-7-5-4-6-16(17)13-21-18(22)19(15-23-2)8-10-20-11-9-19/h4-7,20H,3,8-15H2,1-2H3,(H,21,22). The number of nitrogens with one attached hydrogen (secondary N) is 2. The van der Waals surface area contributed by atoms with Crippen LogP contribution in [-0.2, 0) is 27.4 Å². The molecule has 1 aliphatic rings. The molecule has 0 atom stereocenters. The van der Waals surface area contributed by atoms with E-state index in [0.717, 1.165) is 50.1 Å². The number of methoxy groups -OCH3 is 1. The number of piperidine rings is 1. The fourth-order valence-electron chi connectivity index (χ4n) is 3.18. The Hall–Kier alpha value is -1.43. The zero-order valence-corrected chi connectivity index (χ0v) is 14.9. The molecule has 0 aliphatic carbocycles. The number of carbonyl (C=O) groups is 1. The first-order valence-corrected chi connectivity index (χ1v) is 8.84. The van der Waals surface area contributed by atoms with Gasteiger partial charge >= 0.3 is 0 Å². The molecule has 1 aromatic rings. The van der Waals surface area contributed by atoms with Crippen LogP contribution in [0.3, 0.4) is 0 Å². The molecule has 1 saturated heterocycles. The summed E-state index contributed by atoms with van der Waals surface area (Å²) in [6.07, 6.45) is 2.63. The van der Waals surface area contributed by atoms with Crippen molar-refractivity contribution in [3.8, 4) is 0 Å². The molecule has 2 N–H and O–H groups in total. The maximum Gasteiger partial charge on any atom is 0.228 e. The molecule has 0 spiro atoms. The molecule has 0 aromatic heterocycles. The number of amides is 1. The van der Waals surface area contributed by atoms with E-state index >= 15 is 0 Å². The van der Waals surface area contributed by atoms with Gasteiger partial charge in [0.2, 0.25) is 5.91 Å². The zero-order chi connectivity index (χ0) is 17.3. The topological polar surface area (TPSA) is 59.6 Å². The van der Waals surface area contributed by atoms with Crippen LogP contribution in [0, 0.1) is 5.41 Å². The second-order valence-electron chi connectivity index (χ2n) is 6.47. The highest BCUT2D eigenvalue weighted by Gasteiger charge is 2.39. The van der Waals surface area contributed by atoms with Crippen LogP contribution in [0.5, 0.6) is 0 Å². The van der Waals surface area contributed by atoms with Crippen LogP contribution < -0.4 is 10.6 Å². The normalized spacial score (nSPS) is 16.8. The molecule has 1 aromatic carbocycles. The van der Waals surface area contributed by atoms with Crippen LogP contribution in [0.2, 0.25) is 0 Å². The van der Waals surface area contributed by atoms with E-state index in [1.54, 1.807) is 7.11 Å². The number of carbonyl (C=O) groups excluding carboxylic acids is 1. The van der Waals surface area contributed by atoms with E-state index in [9.17, 15) is 4.79 Å². The largest absolute Gasteiger partial charge is 0.384 e. The summed E-state index contributed by atoms with van der Waals surface area (Å²) < 4.78 is 11.0. The van der Waals surface area contributed by atoms with E-state index in [1.165, 1.54) is 0 Å². The number of hydrogen-bond acceptors (Lipinski definition) is 4. The number of benzene rings is 1. The lowest BCUT2D eigenvalue weighted by Crippen LogP contribution is -2.50. The van der Waals surface area contributed by atoms with Crippen LogP contribution in [0.25, 0.3) is 0 Å². The average molecular weight is 334 g/mol. The summed E-state index contributed by atoms with van der Waals surface area (Å²) in [6.45, 7) is 6.17. The van der Waals surface area contributed by atoms with Gasteiger partial charge in [-0.25, -0.2) is 0 Å². The van der Waals surface area contributed by atoms with Gasteiger partial charge < -0.3 is 20.1 Å². The van der Waals surface area contributed by atoms with Crippen LogP contribution in [-0.4, -0.2) is 39.3 Å². The van der Waals surface area contributed by atoms with Crippen molar-refractivity contribution in [3.63, 3.8) is 0 Å². The van der Waals surface area contributed by atoms with Gasteiger partial charge in [0.25, 0.3) is 0 Å². The molecule has 2 rings (SSSR count). The molecule has 1 amide bonds. The molecular weight excluding hydrogens is 304 g/mol. The van der Waals surface area contributed by atoms with Gasteiger partial charge in [-0.3, -0.25) is 4.79 Å². The quantitative estimate of drug-likeness (QED) is 0.680. The van der Waals surface area contributed by atoms with Crippen molar-refractivity contribution in [2.45, 2.75) is 39.3 Å². The minimum Gasteiger partial charge on any atom is -0.384 e. The Bertz CT molecular complexity index is 508. The zero-order valence-electron chi connectivity index (χ0n) is 14.9. The maximum atomic E-state index is 12.8. The van der Waals surface area contributed by atoms with Gasteiger partial charge in [-0.1, -0.05) is 31.2 Å². The van der Waals surface area contributed by atoms with E-state index in [4.69, 9.17) is 9.47 Å². The van der Waals surface area contributed by atoms with Crippen molar-refractivity contribution in [1.29, 1.82) is 0 Å². The lowest BCUT2D eigenvalue weighted by molar-refractivity contribution is -0.136. The van der Waals surface area contributed by atoms with Crippen molar-refractivity contribution >= 4 is 5.91 Å². The SMILES string of the molecule is CCCOCc1ccccc1CNC(=O)C1(COC)CCNCC1. The molecule has 1 heterocycles. The average Bonchev–Trinajstić information content (AvgIpc) is 2.62. The Morgan fingerprint density at radius 2 is 1.96 bits per heavy atom. The lowest BCUT2D eigenvalue weighted by atomic mass is 9.78. The fraction of sp³-hybridized carbons (Fsp3) is 0.632. The second-order valence-corrected chi connectivity index (χ2v) is 6.47. The van der Waals surface area contributed by atoms with Gasteiger partial charge in [-0.05, 0) is 43.5 Å². The first kappa shape index (κ1) is 18.9. The Balaban J connectivity index is 1.97. The summed E-state index contributed by atoms with van der Waals surface area (Å²) in [5.74, 6) is 0.0927. The molecule has 134 valence electrons. The Morgan fingerprint density at radius 1 is 1.25 bits per heavy atom. The Labute approximate surface area is 145 Å². The first-order chi connectivity index (χ1) is 11.7. The third-order valence-electron chi connectivity index (χ3n) is 4.63. The third kappa shape index (κ3) is 5.03. The van der Waals surface area contributed by atoms with E-state index in [2.05, 4.69) is 29.7 Å². The Kier molecular flexibility index (Phi) is 7.69. The summed E-state index contributed by atoms with van der Waals surface area (Å²) >= 11 is 0. The van der Waals surface area contributed by atoms with Gasteiger partial charge in [0, 0.05) is 20.3 Å². The molecular formula is C19H30N2O3. The molecule has 0 radical (unpaired) electrons. The molecule has 5 nitrogen and oxygen atoms in total. The van der Waals surface area contributed by atoms with Crippen molar-refractivity contribution < 1.29 is 14.3 Å². The van der Waals surface area contributed by atoms with E-state index in [-0.39, 0.29) is 5.91 Å². The van der Waals surface area contributed by atoms with Crippen LogP contribution in [0.15, 0.2) is 24.3 Å². The first-order valence-electron chi connectivity index (χ1n) is 8.84. The maximum absolute atomic E-state index is 12.8. The van der Waals surface area contributed by atoms with Crippen molar-refractivity contribution in [2.24, 2.45) is 5.41 Å². The van der Waals surface area contributed by atoms with Gasteiger partial charge in [0.05, 0.1) is 18.6 Å². The molecule has 5 heteroatoms. The summed E-state index contributed by atoms with van der Waals surface area (Å²) in [6, 6.07) is 8.12. The van der Waals surface area contributed by atoms with Crippen LogP contribution in [0.4, 0.5) is 0 Å². The minimum atomic E-state index is -0.409.